The first kappa shape index (κ1) is 25.7. The van der Waals surface area contributed by atoms with Crippen molar-refractivity contribution in [2.75, 3.05) is 20.8 Å². The monoisotopic (exact) mass is 511 g/mol. The number of nitrogens with one attached hydrogen (secondary N) is 1. The average molecular weight is 512 g/mol. The fraction of sp³-hybridized carbons (Fsp3) is 0.222. The fourth-order valence-corrected chi connectivity index (χ4v) is 4.01. The lowest BCUT2D eigenvalue weighted by molar-refractivity contribution is -0.196. The second kappa shape index (κ2) is 10.3. The van der Waals surface area contributed by atoms with Crippen LogP contribution in [0.1, 0.15) is 21.5 Å². The molecular formula is C27H24F3N3O4. The van der Waals surface area contributed by atoms with E-state index in [4.69, 9.17) is 9.47 Å². The molecule has 1 aliphatic heterocycles. The van der Waals surface area contributed by atoms with Gasteiger partial charge in [0, 0.05) is 17.7 Å². The molecule has 1 atom stereocenters. The average Bonchev–Trinajstić information content (AvgIpc) is 3.20. The quantitative estimate of drug-likeness (QED) is 0.491. The predicted octanol–water partition coefficient (Wildman–Crippen LogP) is 4.22. The molecule has 0 radical (unpaired) electrons. The van der Waals surface area contributed by atoms with E-state index in [1.807, 2.05) is 5.32 Å². The highest BCUT2D eigenvalue weighted by Crippen LogP contribution is 2.39. The summed E-state index contributed by atoms with van der Waals surface area (Å²) in [6, 6.07) is 20.5. The minimum Gasteiger partial charge on any atom is -0.493 e. The largest absolute Gasteiger partial charge is 0.493 e. The second-order valence-corrected chi connectivity index (χ2v) is 8.23. The van der Waals surface area contributed by atoms with E-state index in [2.05, 4.69) is 4.99 Å². The number of benzene rings is 3. The third-order valence-corrected chi connectivity index (χ3v) is 5.93. The number of methoxy groups -OCH3 is 2. The Kier molecular flexibility index (Phi) is 7.19. The van der Waals surface area contributed by atoms with Crippen LogP contribution in [0.25, 0.3) is 0 Å². The maximum absolute atomic E-state index is 14.6. The molecule has 2 amide bonds. The summed E-state index contributed by atoms with van der Waals surface area (Å²) in [7, 11) is 2.96. The Morgan fingerprint density at radius 2 is 1.57 bits per heavy atom. The summed E-state index contributed by atoms with van der Waals surface area (Å²) in [6.07, 6.45) is -5.01. The molecule has 7 nitrogen and oxygen atoms in total. The molecule has 10 heteroatoms. The number of rotatable bonds is 8. The molecule has 3 aromatic carbocycles. The Labute approximate surface area is 211 Å². The van der Waals surface area contributed by atoms with Gasteiger partial charge >= 0.3 is 11.8 Å². The van der Waals surface area contributed by atoms with E-state index in [-0.39, 0.29) is 24.4 Å². The number of amidine groups is 1. The van der Waals surface area contributed by atoms with E-state index >= 15 is 0 Å². The third kappa shape index (κ3) is 5.00. The van der Waals surface area contributed by atoms with E-state index < -0.39 is 23.7 Å². The third-order valence-electron chi connectivity index (χ3n) is 5.93. The van der Waals surface area contributed by atoms with E-state index in [0.717, 1.165) is 4.90 Å². The lowest BCUT2D eigenvalue weighted by Gasteiger charge is -2.29. The predicted molar refractivity (Wildman–Crippen MR) is 131 cm³/mol. The van der Waals surface area contributed by atoms with E-state index in [9.17, 15) is 22.8 Å². The number of hydrogen-bond donors (Lipinski definition) is 1. The van der Waals surface area contributed by atoms with Crippen LogP contribution in [0.2, 0.25) is 0 Å². The first-order chi connectivity index (χ1) is 17.7. The van der Waals surface area contributed by atoms with Crippen LogP contribution in [-0.4, -0.2) is 55.2 Å². The van der Waals surface area contributed by atoms with Crippen molar-refractivity contribution in [3.63, 3.8) is 0 Å². The van der Waals surface area contributed by atoms with Crippen molar-refractivity contribution < 1.29 is 32.2 Å². The molecule has 0 saturated carbocycles. The molecule has 0 fully saturated rings. The van der Waals surface area contributed by atoms with Crippen molar-refractivity contribution in [1.82, 2.24) is 10.2 Å². The number of amides is 2. The summed E-state index contributed by atoms with van der Waals surface area (Å²) in [5.74, 6) is -1.69. The number of carbonyl (C=O) groups is 2. The van der Waals surface area contributed by atoms with E-state index in [0.29, 0.717) is 22.6 Å². The van der Waals surface area contributed by atoms with Crippen LogP contribution in [0.3, 0.4) is 0 Å². The molecule has 0 bridgehead atoms. The van der Waals surface area contributed by atoms with Gasteiger partial charge < -0.3 is 14.8 Å². The Bertz CT molecular complexity index is 1310. The summed E-state index contributed by atoms with van der Waals surface area (Å²) < 4.78 is 54.2. The van der Waals surface area contributed by atoms with Crippen molar-refractivity contribution in [3.05, 3.63) is 95.6 Å². The molecule has 0 aromatic heterocycles. The topological polar surface area (TPSA) is 80.2 Å². The first-order valence-electron chi connectivity index (χ1n) is 11.3. The Hall–Kier alpha value is -4.34. The zero-order chi connectivity index (χ0) is 26.6. The van der Waals surface area contributed by atoms with Gasteiger partial charge in [-0.1, -0.05) is 54.6 Å². The van der Waals surface area contributed by atoms with Gasteiger partial charge in [-0.25, -0.2) is 4.99 Å². The Morgan fingerprint density at radius 1 is 0.946 bits per heavy atom. The molecule has 4 rings (SSSR count). The number of nitrogens with zero attached hydrogens (tertiary/aromatic N) is 2. The standard InChI is InChI=1S/C27H24F3N3O4/c1-36-21-14-13-18(17-22(21)37-2)15-16-33-23(19-9-5-3-6-10-19)31-26(25(33)35,27(28,29)30)32-24(34)20-11-7-4-8-12-20/h3-14,17H,15-16H2,1-2H3,(H,32,34)/t26-/m1/s1. The van der Waals surface area contributed by atoms with Crippen LogP contribution in [0.4, 0.5) is 13.2 Å². The van der Waals surface area contributed by atoms with Crippen LogP contribution in [0.5, 0.6) is 11.5 Å². The van der Waals surface area contributed by atoms with Crippen molar-refractivity contribution in [3.8, 4) is 11.5 Å². The van der Waals surface area contributed by atoms with Crippen molar-refractivity contribution in [1.29, 1.82) is 0 Å². The molecule has 0 unspecified atom stereocenters. The summed E-state index contributed by atoms with van der Waals surface area (Å²) in [5, 5.41) is 1.88. The first-order valence-corrected chi connectivity index (χ1v) is 11.3. The number of halogens is 3. The van der Waals surface area contributed by atoms with Crippen LogP contribution < -0.4 is 14.8 Å². The maximum Gasteiger partial charge on any atom is 0.442 e. The van der Waals surface area contributed by atoms with Gasteiger partial charge in [0.2, 0.25) is 0 Å². The normalized spacial score (nSPS) is 17.4. The second-order valence-electron chi connectivity index (χ2n) is 8.23. The van der Waals surface area contributed by atoms with Crippen molar-refractivity contribution in [2.24, 2.45) is 4.99 Å². The van der Waals surface area contributed by atoms with Crippen molar-refractivity contribution >= 4 is 17.6 Å². The molecular weight excluding hydrogens is 487 g/mol. The SMILES string of the molecule is COc1ccc(CCN2C(=O)[C@@](NC(=O)c3ccccc3)(C(F)(F)F)N=C2c2ccccc2)cc1OC. The highest BCUT2D eigenvalue weighted by molar-refractivity contribution is 6.16. The summed E-state index contributed by atoms with van der Waals surface area (Å²) >= 11 is 0. The molecule has 0 aliphatic carbocycles. The summed E-state index contributed by atoms with van der Waals surface area (Å²) in [6.45, 7) is -0.124. The van der Waals surface area contributed by atoms with Crippen LogP contribution in [-0.2, 0) is 11.2 Å². The summed E-state index contributed by atoms with van der Waals surface area (Å²) in [4.78, 5) is 31.1. The van der Waals surface area contributed by atoms with Gasteiger partial charge in [-0.3, -0.25) is 14.5 Å². The Morgan fingerprint density at radius 3 is 2.16 bits per heavy atom. The smallest absolute Gasteiger partial charge is 0.442 e. The van der Waals surface area contributed by atoms with Crippen LogP contribution >= 0.6 is 0 Å². The van der Waals surface area contributed by atoms with Gasteiger partial charge in [-0.15, -0.1) is 0 Å². The number of ether oxygens (including phenoxy) is 2. The summed E-state index contributed by atoms with van der Waals surface area (Å²) in [5.41, 5.74) is -2.49. The van der Waals surface area contributed by atoms with Gasteiger partial charge in [0.05, 0.1) is 14.2 Å². The zero-order valence-electron chi connectivity index (χ0n) is 20.1. The highest BCUT2D eigenvalue weighted by Gasteiger charge is 2.67. The van der Waals surface area contributed by atoms with Gasteiger partial charge in [-0.05, 0) is 36.2 Å². The highest BCUT2D eigenvalue weighted by atomic mass is 19.4. The van der Waals surface area contributed by atoms with Gasteiger partial charge in [0.15, 0.2) is 11.5 Å². The van der Waals surface area contributed by atoms with Gasteiger partial charge in [0.1, 0.15) is 5.84 Å². The molecule has 1 aliphatic rings. The maximum atomic E-state index is 14.6. The Balaban J connectivity index is 1.72. The van der Waals surface area contributed by atoms with Crippen LogP contribution in [0, 0.1) is 0 Å². The number of hydrogen-bond acceptors (Lipinski definition) is 5. The van der Waals surface area contributed by atoms with Crippen LogP contribution in [0.15, 0.2) is 83.9 Å². The zero-order valence-corrected chi connectivity index (χ0v) is 20.1. The van der Waals surface area contributed by atoms with E-state index in [1.165, 1.54) is 38.5 Å². The molecule has 37 heavy (non-hydrogen) atoms. The minimum atomic E-state index is -5.20. The lowest BCUT2D eigenvalue weighted by Crippen LogP contribution is -2.63. The number of aliphatic imine (C=N–C) groups is 1. The molecule has 192 valence electrons. The molecule has 0 spiro atoms. The molecule has 3 aromatic rings. The molecule has 1 heterocycles. The number of alkyl halides is 3. The van der Waals surface area contributed by atoms with E-state index in [1.54, 1.807) is 54.6 Å². The lowest BCUT2D eigenvalue weighted by atomic mass is 10.1. The minimum absolute atomic E-state index is 0.0286. The van der Waals surface area contributed by atoms with Gasteiger partial charge in [0.25, 0.3) is 11.8 Å². The molecule has 0 saturated heterocycles. The van der Waals surface area contributed by atoms with Crippen molar-refractivity contribution in [2.45, 2.75) is 18.3 Å². The number of carbonyl (C=O) groups excluding carboxylic acids is 2. The molecule has 1 N–H and O–H groups in total. The van der Waals surface area contributed by atoms with Gasteiger partial charge in [-0.2, -0.15) is 13.2 Å². The fourth-order valence-electron chi connectivity index (χ4n) is 4.01.